The summed E-state index contributed by atoms with van der Waals surface area (Å²) in [6, 6.07) is 168. The molecule has 0 amide bonds. The van der Waals surface area contributed by atoms with Gasteiger partial charge in [-0.3, -0.25) is 13.7 Å². The fraction of sp³-hybridized carbons (Fsp3) is 0.0222. The number of nitrogens with zero attached hydrogens (tertiary/aromatic N) is 10. The molecular weight excluding hydrogens is 1870 g/mol. The predicted octanol–water partition coefficient (Wildman–Crippen LogP) is 36.8. The SMILES string of the molecule is CC1(C)c2ccccc2-c2ccc3c(c21)c1ccccc1n3-c1cc(-c2ccc3c(c2)sc2ccccc23)nc(-c2ccc(-c3ccccc3)cc2)n1.c1ccc(-c2nc(-c3ccc4c(c3)sc3ccccc34)cc(-n3c4ccccc4c4cc5oc6ccccc6c5cc43)n2)cc1.c1ccc(-c2nc(-c3ccc4sc5ccccc5c4c3)cc(-n3c4ccccc4c4c3ccc3c5ccccc5n(-c5ccccc5)c34)n2)cc1. The molecule has 11 heterocycles. The van der Waals surface area contributed by atoms with E-state index in [1.165, 1.54) is 137 Å². The van der Waals surface area contributed by atoms with Gasteiger partial charge in [-0.25, -0.2) is 29.9 Å². The molecule has 20 aromatic carbocycles. The Kier molecular flexibility index (Phi) is 19.7. The lowest BCUT2D eigenvalue weighted by atomic mass is 9.80. The number of thiophene rings is 3. The standard InChI is InChI=1S/C49H33N3S.C46H28N4S.C40H23N3OS/c1-49(2)39-17-9-6-14-34(39)37-26-27-42-46(47(37)49)38-16-7-10-18-41(38)52(42)45-29-40(33-24-25-36-35-15-8-11-19-43(35)53-44(36)28-33)50-48(51-45)32-22-20-31(21-23-32)30-12-4-3-5-13-30;1-3-13-29(14-4-1)46-47-37(30-23-26-42-36(27-30)33-18-9-12-22-41(33)51-42)28-43(48-46)50-39-21-11-8-19-35(39)44-40(50)25-24-34-32-17-7-10-20-38(32)49(45(34)44)31-15-5-2-6-16-31;1-2-10-24(11-3-1)40-41-32(25-18-19-29-28-14-6-9-17-37(28)45-38(29)20-25)23-39(42-40)43-33-15-7-4-12-26(33)30-22-36-31(21-34(30)43)27-13-5-8-16-35(27)44-36/h3-29H,1-2H3;1-28H;1-23H. The minimum atomic E-state index is -0.150. The molecule has 0 radical (unpaired) electrons. The van der Waals surface area contributed by atoms with Gasteiger partial charge >= 0.3 is 0 Å². The van der Waals surface area contributed by atoms with Crippen LogP contribution in [0.1, 0.15) is 25.0 Å². The third-order valence-corrected chi connectivity index (χ3v) is 33.6. The van der Waals surface area contributed by atoms with Crippen LogP contribution in [-0.2, 0) is 5.41 Å². The summed E-state index contributed by atoms with van der Waals surface area (Å²) >= 11 is 5.49. The van der Waals surface area contributed by atoms with Crippen molar-refractivity contribution in [2.75, 3.05) is 0 Å². The number of para-hydroxylation sites is 6. The molecule has 11 nitrogen and oxygen atoms in total. The Morgan fingerprint density at radius 3 is 1.15 bits per heavy atom. The highest BCUT2D eigenvalue weighted by atomic mass is 32.1. The van der Waals surface area contributed by atoms with Gasteiger partial charge in [-0.15, -0.1) is 34.0 Å². The summed E-state index contributed by atoms with van der Waals surface area (Å²) in [6.07, 6.45) is 0. The number of hydrogen-bond acceptors (Lipinski definition) is 10. The minimum Gasteiger partial charge on any atom is -0.456 e. The van der Waals surface area contributed by atoms with E-state index in [0.717, 1.165) is 139 Å². The molecule has 1 aliphatic carbocycles. The highest BCUT2D eigenvalue weighted by Gasteiger charge is 2.39. The lowest BCUT2D eigenvalue weighted by molar-refractivity contribution is 0.666. The largest absolute Gasteiger partial charge is 0.456 e. The monoisotopic (exact) mass is 1960 g/mol. The first-order valence-electron chi connectivity index (χ1n) is 50.3. The molecule has 11 aromatic heterocycles. The maximum Gasteiger partial charge on any atom is 0.162 e. The van der Waals surface area contributed by atoms with Crippen LogP contribution >= 0.6 is 34.0 Å². The van der Waals surface area contributed by atoms with Crippen LogP contribution < -0.4 is 0 Å². The molecule has 1 aliphatic rings. The number of benzene rings is 20. The van der Waals surface area contributed by atoms with Gasteiger partial charge < -0.3 is 8.98 Å². The average molecular weight is 1960 g/mol. The zero-order valence-electron chi connectivity index (χ0n) is 80.6. The van der Waals surface area contributed by atoms with Gasteiger partial charge in [0, 0.05) is 177 Å². The molecule has 0 fully saturated rings. The van der Waals surface area contributed by atoms with Crippen molar-refractivity contribution in [3.63, 3.8) is 0 Å². The Labute approximate surface area is 866 Å². The summed E-state index contributed by atoms with van der Waals surface area (Å²) in [5.74, 6) is 4.61. The quantitative estimate of drug-likeness (QED) is 0.127. The Morgan fingerprint density at radius 1 is 0.208 bits per heavy atom. The van der Waals surface area contributed by atoms with E-state index >= 15 is 0 Å². The molecule has 149 heavy (non-hydrogen) atoms. The number of aromatic nitrogens is 10. The van der Waals surface area contributed by atoms with Crippen LogP contribution in [0.15, 0.2) is 478 Å². The lowest BCUT2D eigenvalue weighted by Crippen LogP contribution is -2.15. The molecule has 0 spiro atoms. The Bertz CT molecular complexity index is 10900. The molecule has 0 atom stereocenters. The third kappa shape index (κ3) is 14.0. The molecule has 0 aliphatic heterocycles. The van der Waals surface area contributed by atoms with Crippen LogP contribution in [0.25, 0.3) is 283 Å². The van der Waals surface area contributed by atoms with Crippen molar-refractivity contribution in [2.45, 2.75) is 19.3 Å². The maximum atomic E-state index is 6.30. The Balaban J connectivity index is 0.000000103. The van der Waals surface area contributed by atoms with E-state index in [-0.39, 0.29) is 5.41 Å². The van der Waals surface area contributed by atoms with Crippen LogP contribution in [0.4, 0.5) is 0 Å². The minimum absolute atomic E-state index is 0.150. The smallest absolute Gasteiger partial charge is 0.162 e. The van der Waals surface area contributed by atoms with Crippen molar-refractivity contribution in [3.8, 4) is 113 Å². The second kappa shape index (κ2) is 34.2. The van der Waals surface area contributed by atoms with Gasteiger partial charge in [-0.05, 0) is 143 Å². The molecule has 0 bridgehead atoms. The molecular formula is C135H84N10OS3. The maximum absolute atomic E-state index is 6.30. The fourth-order valence-electron chi connectivity index (χ4n) is 23.4. The lowest BCUT2D eigenvalue weighted by Gasteiger charge is -2.22. The van der Waals surface area contributed by atoms with Crippen molar-refractivity contribution < 1.29 is 4.42 Å². The van der Waals surface area contributed by atoms with Crippen molar-refractivity contribution in [1.82, 2.24) is 48.2 Å². The number of fused-ring (bicyclic) bond motifs is 29. The Hall–Kier alpha value is -18.7. The van der Waals surface area contributed by atoms with E-state index in [0.29, 0.717) is 17.5 Å². The van der Waals surface area contributed by atoms with Crippen molar-refractivity contribution in [1.29, 1.82) is 0 Å². The van der Waals surface area contributed by atoms with E-state index in [9.17, 15) is 0 Å². The highest BCUT2D eigenvalue weighted by molar-refractivity contribution is 7.26. The number of rotatable bonds is 11. The van der Waals surface area contributed by atoms with E-state index < -0.39 is 0 Å². The molecule has 31 aromatic rings. The van der Waals surface area contributed by atoms with Crippen LogP contribution in [0.5, 0.6) is 0 Å². The number of furan rings is 1. The van der Waals surface area contributed by atoms with E-state index in [4.69, 9.17) is 34.3 Å². The normalized spacial score (nSPS) is 12.4. The Morgan fingerprint density at radius 2 is 0.584 bits per heavy atom. The first kappa shape index (κ1) is 85.8. The van der Waals surface area contributed by atoms with Gasteiger partial charge in [0.25, 0.3) is 0 Å². The van der Waals surface area contributed by atoms with Crippen LogP contribution in [0, 0.1) is 0 Å². The molecule has 14 heteroatoms. The van der Waals surface area contributed by atoms with E-state index in [2.05, 4.69) is 457 Å². The summed E-state index contributed by atoms with van der Waals surface area (Å²) < 4.78 is 23.4. The topological polar surface area (TPSA) is 110 Å². The summed E-state index contributed by atoms with van der Waals surface area (Å²) in [7, 11) is 0. The first-order chi connectivity index (χ1) is 73.6. The first-order valence-corrected chi connectivity index (χ1v) is 52.8. The fourth-order valence-corrected chi connectivity index (χ4v) is 26.7. The summed E-state index contributed by atoms with van der Waals surface area (Å²) in [5, 5.41) is 19.5. The van der Waals surface area contributed by atoms with Crippen molar-refractivity contribution in [3.05, 3.63) is 484 Å². The summed E-state index contributed by atoms with van der Waals surface area (Å²) in [6.45, 7) is 4.74. The van der Waals surface area contributed by atoms with Crippen molar-refractivity contribution >= 4 is 204 Å². The van der Waals surface area contributed by atoms with E-state index in [1.807, 2.05) is 82.5 Å². The van der Waals surface area contributed by atoms with Gasteiger partial charge in [-0.2, -0.15) is 0 Å². The molecule has 0 saturated heterocycles. The van der Waals surface area contributed by atoms with Crippen molar-refractivity contribution in [2.24, 2.45) is 0 Å². The second-order valence-electron chi connectivity index (χ2n) is 39.0. The van der Waals surface area contributed by atoms with Crippen LogP contribution in [0.2, 0.25) is 0 Å². The molecule has 698 valence electrons. The molecule has 32 rings (SSSR count). The predicted molar refractivity (Wildman–Crippen MR) is 625 cm³/mol. The summed E-state index contributed by atoms with van der Waals surface area (Å²) in [5.41, 5.74) is 28.4. The van der Waals surface area contributed by atoms with Crippen LogP contribution in [0.3, 0.4) is 0 Å². The number of hydrogen-bond donors (Lipinski definition) is 0. The van der Waals surface area contributed by atoms with Gasteiger partial charge in [0.2, 0.25) is 0 Å². The molecule has 0 N–H and O–H groups in total. The molecule has 0 saturated carbocycles. The van der Waals surface area contributed by atoms with Gasteiger partial charge in [0.05, 0.1) is 61.2 Å². The summed E-state index contributed by atoms with van der Waals surface area (Å²) in [4.78, 5) is 31.6. The highest BCUT2D eigenvalue weighted by Crippen LogP contribution is 2.55. The second-order valence-corrected chi connectivity index (χ2v) is 42.3. The zero-order valence-corrected chi connectivity index (χ0v) is 83.1. The van der Waals surface area contributed by atoms with Gasteiger partial charge in [0.15, 0.2) is 17.5 Å². The zero-order chi connectivity index (χ0) is 98.2. The van der Waals surface area contributed by atoms with Crippen LogP contribution in [-0.4, -0.2) is 48.2 Å². The third-order valence-electron chi connectivity index (χ3n) is 30.2. The van der Waals surface area contributed by atoms with E-state index in [1.54, 1.807) is 0 Å². The average Bonchev–Trinajstić information content (AvgIpc) is 1.54. The van der Waals surface area contributed by atoms with Gasteiger partial charge in [0.1, 0.15) is 28.6 Å². The molecule has 0 unspecified atom stereocenters. The van der Waals surface area contributed by atoms with Gasteiger partial charge in [-0.1, -0.05) is 360 Å².